The van der Waals surface area contributed by atoms with Gasteiger partial charge in [0.1, 0.15) is 12.4 Å². The van der Waals surface area contributed by atoms with Crippen LogP contribution in [0.4, 0.5) is 0 Å². The Kier molecular flexibility index (Phi) is 6.59. The molecule has 0 aliphatic carbocycles. The summed E-state index contributed by atoms with van der Waals surface area (Å²) in [5.74, 6) is 2.31. The molecule has 2 rings (SSSR count). The molecule has 1 aromatic carbocycles. The van der Waals surface area contributed by atoms with Crippen LogP contribution in [0.15, 0.2) is 29.8 Å². The van der Waals surface area contributed by atoms with Crippen LogP contribution in [0, 0.1) is 0 Å². The van der Waals surface area contributed by atoms with Crippen molar-refractivity contribution in [2.24, 2.45) is 0 Å². The first-order valence-electron chi connectivity index (χ1n) is 7.98. The van der Waals surface area contributed by atoms with Crippen molar-refractivity contribution in [2.45, 2.75) is 46.1 Å². The molecule has 0 fully saturated rings. The maximum atomic E-state index is 5.76. The Bertz CT molecular complexity index is 496. The Labute approximate surface area is 133 Å². The molecule has 0 amide bonds. The predicted octanol–water partition coefficient (Wildman–Crippen LogP) is 4.34. The molecule has 0 aromatic heterocycles. The van der Waals surface area contributed by atoms with Crippen molar-refractivity contribution in [2.75, 3.05) is 20.0 Å². The van der Waals surface area contributed by atoms with Gasteiger partial charge in [-0.25, -0.2) is 0 Å². The summed E-state index contributed by atoms with van der Waals surface area (Å²) >= 11 is 0. The minimum absolute atomic E-state index is 0.286. The maximum absolute atomic E-state index is 5.76. The van der Waals surface area contributed by atoms with Crippen molar-refractivity contribution in [3.8, 4) is 17.2 Å². The third kappa shape index (κ3) is 5.26. The first-order chi connectivity index (χ1) is 10.7. The molecule has 22 heavy (non-hydrogen) atoms. The Hall–Kier alpha value is -1.68. The van der Waals surface area contributed by atoms with E-state index < -0.39 is 0 Å². The summed E-state index contributed by atoms with van der Waals surface area (Å²) < 4.78 is 22.1. The molecule has 0 spiro atoms. The Morgan fingerprint density at radius 2 is 2.14 bits per heavy atom. The fourth-order valence-corrected chi connectivity index (χ4v) is 2.26. The van der Waals surface area contributed by atoms with E-state index in [2.05, 4.69) is 26.8 Å². The zero-order valence-electron chi connectivity index (χ0n) is 13.8. The molecule has 0 saturated carbocycles. The van der Waals surface area contributed by atoms with Gasteiger partial charge in [0.15, 0.2) is 11.5 Å². The topological polar surface area (TPSA) is 36.9 Å². The normalized spacial score (nSPS) is 15.0. The summed E-state index contributed by atoms with van der Waals surface area (Å²) in [5.41, 5.74) is 1.28. The van der Waals surface area contributed by atoms with Crippen LogP contribution in [0.1, 0.15) is 40.0 Å². The summed E-state index contributed by atoms with van der Waals surface area (Å²) in [6, 6.07) is 5.63. The lowest BCUT2D eigenvalue weighted by Gasteiger charge is -2.12. The van der Waals surface area contributed by atoms with Gasteiger partial charge >= 0.3 is 0 Å². The van der Waals surface area contributed by atoms with Gasteiger partial charge < -0.3 is 18.9 Å². The Morgan fingerprint density at radius 3 is 2.95 bits per heavy atom. The van der Waals surface area contributed by atoms with E-state index in [1.54, 1.807) is 0 Å². The van der Waals surface area contributed by atoms with E-state index in [9.17, 15) is 0 Å². The van der Waals surface area contributed by atoms with Crippen LogP contribution < -0.4 is 14.2 Å². The molecule has 0 saturated heterocycles. The fourth-order valence-electron chi connectivity index (χ4n) is 2.26. The van der Waals surface area contributed by atoms with Crippen LogP contribution in [-0.4, -0.2) is 26.1 Å². The van der Waals surface area contributed by atoms with Gasteiger partial charge in [-0.05, 0) is 44.9 Å². The highest BCUT2D eigenvalue weighted by molar-refractivity contribution is 5.46. The number of ether oxygens (including phenoxy) is 4. The fraction of sp³-hybridized carbons (Fsp3) is 0.556. The quantitative estimate of drug-likeness (QED) is 0.636. The molecule has 0 bridgehead atoms. The molecule has 1 atom stereocenters. The van der Waals surface area contributed by atoms with Crippen molar-refractivity contribution in [3.63, 3.8) is 0 Å². The van der Waals surface area contributed by atoms with E-state index in [-0.39, 0.29) is 6.79 Å². The van der Waals surface area contributed by atoms with Crippen molar-refractivity contribution >= 4 is 0 Å². The second-order valence-electron chi connectivity index (χ2n) is 5.60. The largest absolute Gasteiger partial charge is 0.489 e. The van der Waals surface area contributed by atoms with E-state index in [0.29, 0.717) is 12.7 Å². The first kappa shape index (κ1) is 16.7. The molecule has 1 heterocycles. The summed E-state index contributed by atoms with van der Waals surface area (Å²) in [6.45, 7) is 8.03. The third-order valence-electron chi connectivity index (χ3n) is 3.62. The highest BCUT2D eigenvalue weighted by Gasteiger charge is 2.13. The second-order valence-corrected chi connectivity index (χ2v) is 5.60. The average molecular weight is 306 g/mol. The summed E-state index contributed by atoms with van der Waals surface area (Å²) in [6.07, 6.45) is 5.68. The minimum atomic E-state index is 0.286. The van der Waals surface area contributed by atoms with E-state index in [4.69, 9.17) is 18.9 Å². The summed E-state index contributed by atoms with van der Waals surface area (Å²) in [5, 5.41) is 0. The van der Waals surface area contributed by atoms with Gasteiger partial charge in [-0.15, -0.1) is 0 Å². The molecule has 1 aromatic rings. The van der Waals surface area contributed by atoms with Gasteiger partial charge in [-0.1, -0.05) is 18.9 Å². The zero-order valence-corrected chi connectivity index (χ0v) is 13.8. The molecule has 1 unspecified atom stereocenters. The van der Waals surface area contributed by atoms with Crippen LogP contribution in [0.25, 0.3) is 0 Å². The van der Waals surface area contributed by atoms with E-state index in [1.807, 2.05) is 18.2 Å². The molecule has 0 radical (unpaired) electrons. The summed E-state index contributed by atoms with van der Waals surface area (Å²) in [7, 11) is 0. The molecule has 4 nitrogen and oxygen atoms in total. The van der Waals surface area contributed by atoms with Gasteiger partial charge in [0, 0.05) is 6.07 Å². The molecule has 122 valence electrons. The van der Waals surface area contributed by atoms with Crippen molar-refractivity contribution < 1.29 is 18.9 Å². The van der Waals surface area contributed by atoms with E-state index >= 15 is 0 Å². The van der Waals surface area contributed by atoms with Crippen LogP contribution in [0.2, 0.25) is 0 Å². The van der Waals surface area contributed by atoms with Crippen LogP contribution >= 0.6 is 0 Å². The first-order valence-corrected chi connectivity index (χ1v) is 7.98. The van der Waals surface area contributed by atoms with Gasteiger partial charge in [0.2, 0.25) is 6.79 Å². The predicted molar refractivity (Wildman–Crippen MR) is 86.8 cm³/mol. The van der Waals surface area contributed by atoms with Crippen molar-refractivity contribution in [1.29, 1.82) is 0 Å². The van der Waals surface area contributed by atoms with E-state index in [0.717, 1.165) is 36.7 Å². The number of benzene rings is 1. The molecule has 1 aliphatic rings. The highest BCUT2D eigenvalue weighted by Crippen LogP contribution is 2.35. The smallest absolute Gasteiger partial charge is 0.231 e. The Balaban J connectivity index is 1.68. The summed E-state index contributed by atoms with van der Waals surface area (Å²) in [4.78, 5) is 0. The van der Waals surface area contributed by atoms with E-state index in [1.165, 1.54) is 12.0 Å². The number of fused-ring (bicyclic) bond motifs is 1. The molecule has 4 heteroatoms. The third-order valence-corrected chi connectivity index (χ3v) is 3.62. The lowest BCUT2D eigenvalue weighted by molar-refractivity contribution is 0.0620. The number of hydrogen-bond acceptors (Lipinski definition) is 4. The number of hydrogen-bond donors (Lipinski definition) is 0. The zero-order chi connectivity index (χ0) is 15.8. The monoisotopic (exact) mass is 306 g/mol. The second kappa shape index (κ2) is 8.69. The molecular formula is C18H26O4. The van der Waals surface area contributed by atoms with Crippen LogP contribution in [0.3, 0.4) is 0 Å². The molecule has 0 N–H and O–H groups in total. The average Bonchev–Trinajstić information content (AvgIpc) is 2.95. The van der Waals surface area contributed by atoms with Crippen LogP contribution in [0.5, 0.6) is 17.2 Å². The lowest BCUT2D eigenvalue weighted by Crippen LogP contribution is -2.09. The lowest BCUT2D eigenvalue weighted by atomic mass is 10.2. The van der Waals surface area contributed by atoms with Gasteiger partial charge in [0.25, 0.3) is 0 Å². The van der Waals surface area contributed by atoms with Gasteiger partial charge in [-0.3, -0.25) is 0 Å². The molecular weight excluding hydrogens is 280 g/mol. The van der Waals surface area contributed by atoms with Gasteiger partial charge in [-0.2, -0.15) is 0 Å². The number of rotatable bonds is 9. The van der Waals surface area contributed by atoms with Crippen molar-refractivity contribution in [1.82, 2.24) is 0 Å². The minimum Gasteiger partial charge on any atom is -0.489 e. The Morgan fingerprint density at radius 1 is 1.32 bits per heavy atom. The maximum Gasteiger partial charge on any atom is 0.231 e. The highest BCUT2D eigenvalue weighted by atomic mass is 16.7. The van der Waals surface area contributed by atoms with Crippen molar-refractivity contribution in [3.05, 3.63) is 29.8 Å². The molecule has 1 aliphatic heterocycles. The van der Waals surface area contributed by atoms with Crippen LogP contribution in [-0.2, 0) is 4.74 Å². The van der Waals surface area contributed by atoms with Gasteiger partial charge in [0.05, 0.1) is 12.7 Å². The standard InChI is InChI=1S/C18H26O4/c1-4-5-15(3)19-10-8-14(2)9-11-20-16-6-7-17-18(12-16)22-13-21-17/h6-7,9,12,15H,4-5,8,10-11,13H2,1-3H3. The SMILES string of the molecule is CCCC(C)OCCC(C)=CCOc1ccc2c(c1)OCO2.